The van der Waals surface area contributed by atoms with Gasteiger partial charge in [-0.05, 0) is 24.6 Å². The average Bonchev–Trinajstić information content (AvgIpc) is 2.57. The third-order valence-electron chi connectivity index (χ3n) is 3.67. The van der Waals surface area contributed by atoms with Gasteiger partial charge >= 0.3 is 23.9 Å². The molecule has 0 unspecified atom stereocenters. The standard InChI is InChI=1S/C10H14N2O4.C6H8O7/c1-10(12-11,9(15)16)5-6-2-3-7(13)8(14)4-6;7-3(8)1-6(13,5(11)12)2-4(9)10/h2-4,12-14H,5,11H2,1H3,(H,15,16);13H,1-2H2,(H,7,8)(H,9,10)(H,11,12)/t10-;/m0./s1. The van der Waals surface area contributed by atoms with E-state index >= 15 is 0 Å². The molecule has 1 atom stereocenters. The molecule has 0 fully saturated rings. The molecule has 10 N–H and O–H groups in total. The van der Waals surface area contributed by atoms with Crippen LogP contribution in [0.2, 0.25) is 0 Å². The van der Waals surface area contributed by atoms with E-state index in [9.17, 15) is 24.3 Å². The van der Waals surface area contributed by atoms with Gasteiger partial charge in [-0.3, -0.25) is 20.2 Å². The lowest BCUT2D eigenvalue weighted by atomic mass is 9.93. The van der Waals surface area contributed by atoms with Gasteiger partial charge in [0, 0.05) is 6.42 Å². The monoisotopic (exact) mass is 418 g/mol. The summed E-state index contributed by atoms with van der Waals surface area (Å²) < 4.78 is 0. The van der Waals surface area contributed by atoms with Crippen LogP contribution in [0, 0.1) is 0 Å². The number of aliphatic hydroxyl groups is 1. The predicted octanol–water partition coefficient (Wildman–Crippen LogP) is -1.30. The normalized spacial score (nSPS) is 12.8. The van der Waals surface area contributed by atoms with Gasteiger partial charge in [0.1, 0.15) is 5.54 Å². The number of carboxylic acids is 4. The Morgan fingerprint density at radius 1 is 0.931 bits per heavy atom. The number of phenolic OH excluding ortho intramolecular Hbond substituents is 2. The zero-order valence-corrected chi connectivity index (χ0v) is 15.2. The molecule has 0 saturated carbocycles. The fourth-order valence-corrected chi connectivity index (χ4v) is 1.99. The molecule has 162 valence electrons. The highest BCUT2D eigenvalue weighted by Crippen LogP contribution is 2.26. The third-order valence-corrected chi connectivity index (χ3v) is 3.67. The van der Waals surface area contributed by atoms with Crippen LogP contribution in [0.4, 0.5) is 0 Å². The predicted molar refractivity (Wildman–Crippen MR) is 93.9 cm³/mol. The van der Waals surface area contributed by atoms with Gasteiger partial charge in [0.2, 0.25) is 0 Å². The largest absolute Gasteiger partial charge is 0.504 e. The van der Waals surface area contributed by atoms with Gasteiger partial charge < -0.3 is 35.7 Å². The van der Waals surface area contributed by atoms with Crippen LogP contribution >= 0.6 is 0 Å². The number of nitrogens with one attached hydrogen (secondary N) is 1. The number of phenols is 2. The van der Waals surface area contributed by atoms with Crippen molar-refractivity contribution in [1.29, 1.82) is 0 Å². The zero-order chi connectivity index (χ0) is 23.0. The first-order valence-electron chi connectivity index (χ1n) is 7.78. The highest BCUT2D eigenvalue weighted by atomic mass is 16.4. The summed E-state index contributed by atoms with van der Waals surface area (Å²) in [4.78, 5) is 41.4. The van der Waals surface area contributed by atoms with Crippen molar-refractivity contribution in [2.24, 2.45) is 5.84 Å². The fourth-order valence-electron chi connectivity index (χ4n) is 1.99. The van der Waals surface area contributed by atoms with Crippen LogP contribution in [0.15, 0.2) is 18.2 Å². The number of hydrogen-bond donors (Lipinski definition) is 9. The lowest BCUT2D eigenvalue weighted by Gasteiger charge is -2.23. The lowest BCUT2D eigenvalue weighted by Crippen LogP contribution is -2.54. The van der Waals surface area contributed by atoms with Crippen molar-refractivity contribution in [3.05, 3.63) is 23.8 Å². The van der Waals surface area contributed by atoms with Gasteiger partial charge in [-0.15, -0.1) is 0 Å². The molecule has 0 amide bonds. The number of aromatic hydroxyl groups is 2. The zero-order valence-electron chi connectivity index (χ0n) is 15.2. The molecular formula is C16H22N2O11. The molecule has 1 aromatic carbocycles. The van der Waals surface area contributed by atoms with Crippen LogP contribution in [-0.2, 0) is 25.6 Å². The van der Waals surface area contributed by atoms with Crippen molar-refractivity contribution in [1.82, 2.24) is 5.43 Å². The van der Waals surface area contributed by atoms with Crippen molar-refractivity contribution in [3.8, 4) is 11.5 Å². The Kier molecular flexibility index (Phi) is 9.01. The number of hydrazine groups is 1. The molecule has 13 heteroatoms. The Balaban J connectivity index is 0.000000555. The summed E-state index contributed by atoms with van der Waals surface area (Å²) >= 11 is 0. The molecule has 0 aliphatic rings. The summed E-state index contributed by atoms with van der Waals surface area (Å²) in [5, 5.41) is 61.1. The number of hydrogen-bond acceptors (Lipinski definition) is 9. The molecule has 13 nitrogen and oxygen atoms in total. The molecule has 0 aliphatic carbocycles. The van der Waals surface area contributed by atoms with E-state index in [2.05, 4.69) is 5.43 Å². The summed E-state index contributed by atoms with van der Waals surface area (Å²) in [5.74, 6) is -1.47. The minimum atomic E-state index is -2.74. The van der Waals surface area contributed by atoms with E-state index in [1.165, 1.54) is 25.1 Å². The first-order chi connectivity index (χ1) is 13.2. The maximum Gasteiger partial charge on any atom is 0.336 e. The van der Waals surface area contributed by atoms with Crippen LogP contribution in [0.1, 0.15) is 25.3 Å². The number of rotatable bonds is 9. The number of benzene rings is 1. The first kappa shape index (κ1) is 25.6. The van der Waals surface area contributed by atoms with E-state index in [0.717, 1.165) is 0 Å². The van der Waals surface area contributed by atoms with Crippen LogP contribution in [0.25, 0.3) is 0 Å². The highest BCUT2D eigenvalue weighted by molar-refractivity contribution is 5.88. The number of aliphatic carboxylic acids is 4. The molecule has 0 aromatic heterocycles. The molecule has 0 spiro atoms. The van der Waals surface area contributed by atoms with E-state index in [0.29, 0.717) is 5.56 Å². The van der Waals surface area contributed by atoms with Crippen LogP contribution in [0.3, 0.4) is 0 Å². The maximum absolute atomic E-state index is 11.0. The van der Waals surface area contributed by atoms with Gasteiger partial charge in [0.15, 0.2) is 17.1 Å². The van der Waals surface area contributed by atoms with E-state index in [1.807, 2.05) is 0 Å². The summed E-state index contributed by atoms with van der Waals surface area (Å²) in [6.45, 7) is 1.43. The number of carbonyl (C=O) groups is 4. The second-order valence-electron chi connectivity index (χ2n) is 6.26. The quantitative estimate of drug-likeness (QED) is 0.129. The van der Waals surface area contributed by atoms with Gasteiger partial charge in [-0.2, -0.15) is 0 Å². The second kappa shape index (κ2) is 10.2. The van der Waals surface area contributed by atoms with Crippen molar-refractivity contribution in [3.63, 3.8) is 0 Å². The molecule has 0 heterocycles. The lowest BCUT2D eigenvalue weighted by molar-refractivity contribution is -0.170. The molecule has 0 aliphatic heterocycles. The van der Waals surface area contributed by atoms with Gasteiger partial charge in [0.25, 0.3) is 0 Å². The molecular weight excluding hydrogens is 396 g/mol. The van der Waals surface area contributed by atoms with E-state index in [-0.39, 0.29) is 17.9 Å². The third kappa shape index (κ3) is 8.00. The summed E-state index contributed by atoms with van der Waals surface area (Å²) in [6.07, 6.45) is -2.20. The Bertz CT molecular complexity index is 764. The maximum atomic E-state index is 11.0. The van der Waals surface area contributed by atoms with Crippen LogP contribution in [-0.4, -0.2) is 70.8 Å². The van der Waals surface area contributed by atoms with Crippen molar-refractivity contribution < 1.29 is 54.9 Å². The second-order valence-corrected chi connectivity index (χ2v) is 6.26. The minimum absolute atomic E-state index is 0.0900. The molecule has 0 bridgehead atoms. The summed E-state index contributed by atoms with van der Waals surface area (Å²) in [7, 11) is 0. The Morgan fingerprint density at radius 3 is 1.72 bits per heavy atom. The topological polar surface area (TPSA) is 248 Å². The summed E-state index contributed by atoms with van der Waals surface area (Å²) in [6, 6.07) is 4.12. The molecule has 1 aromatic rings. The molecule has 0 radical (unpaired) electrons. The molecule has 0 saturated heterocycles. The van der Waals surface area contributed by atoms with Gasteiger partial charge in [0.05, 0.1) is 12.8 Å². The van der Waals surface area contributed by atoms with Crippen molar-refractivity contribution in [2.45, 2.75) is 37.3 Å². The van der Waals surface area contributed by atoms with E-state index in [1.54, 1.807) is 0 Å². The van der Waals surface area contributed by atoms with E-state index < -0.39 is 47.9 Å². The van der Waals surface area contributed by atoms with Crippen LogP contribution < -0.4 is 11.3 Å². The fraction of sp³-hybridized carbons (Fsp3) is 0.375. The molecule has 1 rings (SSSR count). The van der Waals surface area contributed by atoms with Crippen LogP contribution in [0.5, 0.6) is 11.5 Å². The molecule has 29 heavy (non-hydrogen) atoms. The smallest absolute Gasteiger partial charge is 0.336 e. The van der Waals surface area contributed by atoms with Crippen molar-refractivity contribution in [2.75, 3.05) is 0 Å². The minimum Gasteiger partial charge on any atom is -0.504 e. The van der Waals surface area contributed by atoms with Crippen molar-refractivity contribution >= 4 is 23.9 Å². The first-order valence-corrected chi connectivity index (χ1v) is 7.78. The summed E-state index contributed by atoms with van der Waals surface area (Å²) in [5.41, 5.74) is -1.28. The van der Waals surface area contributed by atoms with Gasteiger partial charge in [-0.25, -0.2) is 10.2 Å². The average molecular weight is 418 g/mol. The number of carboxylic acid groups (broad SMARTS) is 4. The highest BCUT2D eigenvalue weighted by Gasteiger charge is 2.40. The number of nitrogens with two attached hydrogens (primary N) is 1. The Morgan fingerprint density at radius 2 is 1.41 bits per heavy atom. The Hall–Kier alpha value is -3.42. The van der Waals surface area contributed by atoms with Gasteiger partial charge in [-0.1, -0.05) is 6.07 Å². The SMILES string of the molecule is C[C@@](Cc1ccc(O)c(O)c1)(NN)C(=O)O.O=C(O)CC(O)(CC(=O)O)C(=O)O. The Labute approximate surface area is 163 Å². The van der Waals surface area contributed by atoms with E-state index in [4.69, 9.17) is 36.5 Å².